The first-order valence-corrected chi connectivity index (χ1v) is 13.0. The predicted octanol–water partition coefficient (Wildman–Crippen LogP) is 7.53. The summed E-state index contributed by atoms with van der Waals surface area (Å²) in [5, 5.41) is 7.86. The van der Waals surface area contributed by atoms with Crippen molar-refractivity contribution in [3.05, 3.63) is 125 Å². The second kappa shape index (κ2) is 9.65. The molecule has 0 bridgehead atoms. The molecule has 3 aromatic carbocycles. The molecule has 0 spiro atoms. The van der Waals surface area contributed by atoms with E-state index in [-0.39, 0.29) is 17.3 Å². The largest absolute Gasteiger partial charge is 0.416 e. The third-order valence-electron chi connectivity index (χ3n) is 7.14. The van der Waals surface area contributed by atoms with E-state index in [4.69, 9.17) is 15.1 Å². The zero-order valence-electron chi connectivity index (χ0n) is 22.0. The Balaban J connectivity index is 1.47. The summed E-state index contributed by atoms with van der Waals surface area (Å²) in [6.07, 6.45) is -2.86. The van der Waals surface area contributed by atoms with Crippen LogP contribution in [0.15, 0.2) is 107 Å². The molecule has 0 amide bonds. The standard InChI is InChI=1S/C31H21F4N7/c1-18-26-27(19-12-14-21(32)15-13-19)41-24-10-3-2-9-23(24)38-28(37-22-8-6-7-20(17-22)31(33,34)35)30(41)39-29(26)42(40-18)25-11-4-5-16-36-25/h2-17,27H,1H3,(H,37,38)/t27-/m1/s1. The van der Waals surface area contributed by atoms with Crippen LogP contribution in [0.2, 0.25) is 0 Å². The predicted molar refractivity (Wildman–Crippen MR) is 153 cm³/mol. The molecule has 2 aliphatic heterocycles. The van der Waals surface area contributed by atoms with Crippen LogP contribution in [0, 0.1) is 12.7 Å². The van der Waals surface area contributed by atoms with Crippen molar-refractivity contribution in [3.63, 3.8) is 0 Å². The molecular formula is C31H21F4N7. The van der Waals surface area contributed by atoms with E-state index in [1.165, 1.54) is 24.3 Å². The fourth-order valence-corrected chi connectivity index (χ4v) is 5.31. The van der Waals surface area contributed by atoms with Crippen LogP contribution in [0.5, 0.6) is 0 Å². The number of pyridine rings is 1. The van der Waals surface area contributed by atoms with Gasteiger partial charge >= 0.3 is 6.18 Å². The number of para-hydroxylation sites is 2. The molecule has 5 aromatic rings. The van der Waals surface area contributed by atoms with Crippen molar-refractivity contribution in [2.24, 2.45) is 9.98 Å². The van der Waals surface area contributed by atoms with E-state index < -0.39 is 17.8 Å². The highest BCUT2D eigenvalue weighted by Gasteiger charge is 2.41. The van der Waals surface area contributed by atoms with Gasteiger partial charge in [-0.05, 0) is 67.1 Å². The number of alkyl halides is 3. The normalized spacial score (nSPS) is 15.7. The SMILES string of the molecule is Cc1nn(-c2ccccn2)c2c1[C@@H](c1ccc(F)cc1)N1C(=N2)C(Nc2cccc(C(F)(F)F)c2)=Nc2ccccc21. The first kappa shape index (κ1) is 25.6. The summed E-state index contributed by atoms with van der Waals surface area (Å²) >= 11 is 0. The number of fused-ring (bicyclic) bond motifs is 4. The maximum Gasteiger partial charge on any atom is 0.416 e. The van der Waals surface area contributed by atoms with Crippen LogP contribution >= 0.6 is 0 Å². The average Bonchev–Trinajstić information content (AvgIpc) is 3.33. The minimum atomic E-state index is -4.51. The Labute approximate surface area is 237 Å². The highest BCUT2D eigenvalue weighted by atomic mass is 19.4. The third-order valence-corrected chi connectivity index (χ3v) is 7.14. The second-order valence-electron chi connectivity index (χ2n) is 9.83. The van der Waals surface area contributed by atoms with E-state index in [1.807, 2.05) is 42.2 Å². The van der Waals surface area contributed by atoms with E-state index >= 15 is 0 Å². The summed E-state index contributed by atoms with van der Waals surface area (Å²) in [6, 6.07) is 23.5. The fourth-order valence-electron chi connectivity index (χ4n) is 5.31. The van der Waals surface area contributed by atoms with E-state index in [9.17, 15) is 17.6 Å². The molecule has 7 rings (SSSR count). The number of aliphatic imine (C=N–C) groups is 2. The molecule has 0 aliphatic carbocycles. The van der Waals surface area contributed by atoms with Crippen LogP contribution in [0.3, 0.4) is 0 Å². The van der Waals surface area contributed by atoms with Gasteiger partial charge in [0.2, 0.25) is 0 Å². The number of halogens is 4. The number of nitrogens with zero attached hydrogens (tertiary/aromatic N) is 6. The van der Waals surface area contributed by atoms with Crippen molar-refractivity contribution in [3.8, 4) is 5.82 Å². The van der Waals surface area contributed by atoms with E-state index in [0.29, 0.717) is 28.9 Å². The third kappa shape index (κ3) is 4.30. The highest BCUT2D eigenvalue weighted by molar-refractivity contribution is 6.51. The zero-order chi connectivity index (χ0) is 29.0. The number of rotatable bonds is 3. The molecular weight excluding hydrogens is 546 g/mol. The summed E-state index contributed by atoms with van der Waals surface area (Å²) in [5.41, 5.74) is 2.98. The maximum absolute atomic E-state index is 14.1. The molecule has 1 atom stereocenters. The highest BCUT2D eigenvalue weighted by Crippen LogP contribution is 2.48. The lowest BCUT2D eigenvalue weighted by Crippen LogP contribution is -2.46. The molecule has 1 N–H and O–H groups in total. The van der Waals surface area contributed by atoms with Crippen LogP contribution in [-0.4, -0.2) is 26.4 Å². The van der Waals surface area contributed by atoms with Gasteiger partial charge in [-0.25, -0.2) is 19.4 Å². The molecule has 2 aromatic heterocycles. The van der Waals surface area contributed by atoms with E-state index in [2.05, 4.69) is 10.3 Å². The molecule has 208 valence electrons. The van der Waals surface area contributed by atoms with Gasteiger partial charge in [-0.1, -0.05) is 36.4 Å². The maximum atomic E-state index is 14.1. The van der Waals surface area contributed by atoms with Gasteiger partial charge in [-0.3, -0.25) is 0 Å². The number of hydrogen-bond donors (Lipinski definition) is 1. The van der Waals surface area contributed by atoms with E-state index in [0.717, 1.165) is 28.9 Å². The molecule has 4 heterocycles. The molecule has 7 nitrogen and oxygen atoms in total. The summed E-state index contributed by atoms with van der Waals surface area (Å²) in [4.78, 5) is 16.2. The summed E-state index contributed by atoms with van der Waals surface area (Å²) < 4.78 is 56.3. The van der Waals surface area contributed by atoms with Gasteiger partial charge in [-0.15, -0.1) is 0 Å². The van der Waals surface area contributed by atoms with Crippen LogP contribution < -0.4 is 10.2 Å². The molecule has 0 radical (unpaired) electrons. The Morgan fingerprint density at radius 1 is 0.857 bits per heavy atom. The van der Waals surface area contributed by atoms with Gasteiger partial charge in [0.1, 0.15) is 5.82 Å². The Hall–Kier alpha value is -5.32. The number of hydrogen-bond acceptors (Lipinski definition) is 6. The van der Waals surface area contributed by atoms with Crippen LogP contribution in [0.25, 0.3) is 5.82 Å². The topological polar surface area (TPSA) is 70.7 Å². The van der Waals surface area contributed by atoms with E-state index in [1.54, 1.807) is 35.1 Å². The van der Waals surface area contributed by atoms with Gasteiger partial charge in [0.05, 0.1) is 28.7 Å². The van der Waals surface area contributed by atoms with Gasteiger partial charge in [0, 0.05) is 17.4 Å². The van der Waals surface area contributed by atoms with Crippen molar-refractivity contribution >= 4 is 34.6 Å². The molecule has 0 fully saturated rings. The number of anilines is 2. The molecule has 11 heteroatoms. The number of benzene rings is 3. The second-order valence-corrected chi connectivity index (χ2v) is 9.83. The smallest absolute Gasteiger partial charge is 0.337 e. The van der Waals surface area contributed by atoms with Crippen LogP contribution in [-0.2, 0) is 6.18 Å². The van der Waals surface area contributed by atoms with Gasteiger partial charge in [-0.2, -0.15) is 23.0 Å². The zero-order valence-corrected chi connectivity index (χ0v) is 22.0. The summed E-state index contributed by atoms with van der Waals surface area (Å²) in [6.45, 7) is 1.88. The lowest BCUT2D eigenvalue weighted by atomic mass is 9.93. The van der Waals surface area contributed by atoms with Crippen molar-refractivity contribution < 1.29 is 17.6 Å². The van der Waals surface area contributed by atoms with Crippen LogP contribution in [0.4, 0.5) is 40.4 Å². The number of aromatic nitrogens is 3. The number of amidine groups is 2. The van der Waals surface area contributed by atoms with Crippen molar-refractivity contribution in [2.45, 2.75) is 19.1 Å². The average molecular weight is 568 g/mol. The summed E-state index contributed by atoms with van der Waals surface area (Å²) in [7, 11) is 0. The molecule has 0 saturated carbocycles. The summed E-state index contributed by atoms with van der Waals surface area (Å²) in [5.74, 6) is 1.27. The Bertz CT molecular complexity index is 1880. The minimum absolute atomic E-state index is 0.198. The Kier molecular flexibility index (Phi) is 5.89. The lowest BCUT2D eigenvalue weighted by molar-refractivity contribution is -0.137. The van der Waals surface area contributed by atoms with Crippen molar-refractivity contribution in [2.75, 3.05) is 10.2 Å². The van der Waals surface area contributed by atoms with Gasteiger partial charge in [0.15, 0.2) is 23.3 Å². The van der Waals surface area contributed by atoms with Crippen molar-refractivity contribution in [1.29, 1.82) is 0 Å². The minimum Gasteiger partial charge on any atom is -0.337 e. The molecule has 2 aliphatic rings. The number of nitrogens with one attached hydrogen (secondary N) is 1. The van der Waals surface area contributed by atoms with Gasteiger partial charge < -0.3 is 10.2 Å². The van der Waals surface area contributed by atoms with Crippen molar-refractivity contribution in [1.82, 2.24) is 14.8 Å². The molecule has 42 heavy (non-hydrogen) atoms. The number of aryl methyl sites for hydroxylation is 1. The first-order chi connectivity index (χ1) is 20.3. The monoisotopic (exact) mass is 567 g/mol. The quantitative estimate of drug-likeness (QED) is 0.229. The first-order valence-electron chi connectivity index (χ1n) is 13.0. The fraction of sp³-hybridized carbons (Fsp3) is 0.0968. The Morgan fingerprint density at radius 2 is 1.64 bits per heavy atom. The van der Waals surface area contributed by atoms with Gasteiger partial charge in [0.25, 0.3) is 0 Å². The Morgan fingerprint density at radius 3 is 2.40 bits per heavy atom. The lowest BCUT2D eigenvalue weighted by Gasteiger charge is -2.40. The molecule has 0 saturated heterocycles. The van der Waals surface area contributed by atoms with Crippen LogP contribution in [0.1, 0.15) is 28.4 Å². The molecule has 0 unspecified atom stereocenters.